The number of sulfonamides is 1. The van der Waals surface area contributed by atoms with Crippen LogP contribution in [0.15, 0.2) is 29.2 Å². The number of benzene rings is 1. The maximum Gasteiger partial charge on any atom is 0.480 e. The number of nitrogens with zero attached hydrogens (tertiary/aromatic N) is 1. The molecule has 0 aliphatic carbocycles. The summed E-state index contributed by atoms with van der Waals surface area (Å²) in [6.07, 6.45) is 1.83. The summed E-state index contributed by atoms with van der Waals surface area (Å²) < 4.78 is 65.0. The fourth-order valence-corrected chi connectivity index (χ4v) is 7.17. The molecule has 1 aromatic carbocycles. The quantitative estimate of drug-likeness (QED) is 0.0603. The van der Waals surface area contributed by atoms with Crippen LogP contribution in [0.1, 0.15) is 37.0 Å². The fraction of sp³-hybridized carbons (Fsp3) is 0.444. The van der Waals surface area contributed by atoms with Gasteiger partial charge in [0, 0.05) is 18.7 Å². The van der Waals surface area contributed by atoms with Gasteiger partial charge in [-0.25, -0.2) is 13.4 Å². The Morgan fingerprint density at radius 2 is 1.76 bits per heavy atom. The van der Waals surface area contributed by atoms with E-state index in [0.717, 1.165) is 40.0 Å². The Kier molecular flexibility index (Phi) is 13.6. The van der Waals surface area contributed by atoms with Crippen LogP contribution in [-0.2, 0) is 36.2 Å². The van der Waals surface area contributed by atoms with Crippen LogP contribution in [0.4, 0.5) is 15.4 Å². The first-order valence-corrected chi connectivity index (χ1v) is 18.2. The number of pyridine rings is 1. The number of carbonyl (C=O) groups is 4. The monoisotopic (exact) mass is 732 g/mol. The molecule has 2 unspecified atom stereocenters. The Labute approximate surface area is 292 Å². The molecule has 0 saturated carbocycles. The van der Waals surface area contributed by atoms with Crippen molar-refractivity contribution in [1.82, 2.24) is 25.5 Å². The van der Waals surface area contributed by atoms with Crippen LogP contribution in [0.3, 0.4) is 0 Å². The third-order valence-corrected chi connectivity index (χ3v) is 9.82. The number of aliphatic carboxylic acids is 1. The fourth-order valence-electron chi connectivity index (χ4n) is 4.92. The molecule has 18 nitrogen and oxygen atoms in total. The van der Waals surface area contributed by atoms with E-state index >= 15 is 0 Å². The molecular formula is C27H37B3N7O11S2. The summed E-state index contributed by atoms with van der Waals surface area (Å²) in [6.45, 7) is 5.81. The van der Waals surface area contributed by atoms with Crippen molar-refractivity contribution in [2.75, 3.05) is 24.2 Å². The highest BCUT2D eigenvalue weighted by Gasteiger charge is 2.34. The molecule has 0 saturated heterocycles. The molecule has 2 atom stereocenters. The second-order valence-corrected chi connectivity index (χ2v) is 15.1. The number of carbonyl (C=O) groups excluding carboxylic acids is 3. The van der Waals surface area contributed by atoms with Gasteiger partial charge >= 0.3 is 21.0 Å². The molecule has 1 aliphatic heterocycles. The molecule has 1 aromatic heterocycles. The number of hydrogen-bond acceptors (Lipinski definition) is 13. The van der Waals surface area contributed by atoms with E-state index in [-0.39, 0.29) is 21.8 Å². The lowest BCUT2D eigenvalue weighted by molar-refractivity contribution is -0.138. The number of fused-ring (bicyclic) bond motifs is 1. The lowest BCUT2D eigenvalue weighted by Crippen LogP contribution is -2.59. The minimum absolute atomic E-state index is 0.0670. The summed E-state index contributed by atoms with van der Waals surface area (Å²) in [7, 11) is -5.99. The molecule has 23 heteroatoms. The van der Waals surface area contributed by atoms with Crippen LogP contribution in [-0.4, -0.2) is 114 Å². The molecule has 0 bridgehead atoms. The second-order valence-electron chi connectivity index (χ2n) is 11.9. The largest absolute Gasteiger partial charge is 0.554 e. The maximum absolute atomic E-state index is 13.3. The topological polar surface area (TPSA) is 285 Å². The summed E-state index contributed by atoms with van der Waals surface area (Å²) >= 11 is 0. The van der Waals surface area contributed by atoms with Gasteiger partial charge in [0.15, 0.2) is 11.6 Å². The lowest BCUT2D eigenvalue weighted by Gasteiger charge is -2.27. The van der Waals surface area contributed by atoms with Gasteiger partial charge in [0.05, 0.1) is 28.0 Å². The number of hydrogen-bond donors (Lipinski definition) is 8. The number of amides is 2. The zero-order valence-corrected chi connectivity index (χ0v) is 29.3. The van der Waals surface area contributed by atoms with E-state index in [0.29, 0.717) is 11.4 Å². The summed E-state index contributed by atoms with van der Waals surface area (Å²) in [6, 6.07) is 2.87. The first-order valence-electron chi connectivity index (χ1n) is 15.1. The predicted molar refractivity (Wildman–Crippen MR) is 185 cm³/mol. The van der Waals surface area contributed by atoms with Crippen molar-refractivity contribution in [3.8, 4) is 5.75 Å². The van der Waals surface area contributed by atoms with Crippen molar-refractivity contribution in [3.05, 3.63) is 41.0 Å². The molecule has 9 N–H and O–H groups in total. The van der Waals surface area contributed by atoms with Gasteiger partial charge in [0.2, 0.25) is 15.8 Å². The minimum atomic E-state index is -4.49. The molecule has 1 aliphatic rings. The number of ketones is 1. The second kappa shape index (κ2) is 16.8. The van der Waals surface area contributed by atoms with E-state index < -0.39 is 73.4 Å². The van der Waals surface area contributed by atoms with Crippen LogP contribution < -0.4 is 41.8 Å². The third kappa shape index (κ3) is 11.8. The van der Waals surface area contributed by atoms with E-state index in [9.17, 15) is 41.1 Å². The Balaban J connectivity index is 1.54. The minimum Gasteiger partial charge on any atom is -0.554 e. The summed E-state index contributed by atoms with van der Waals surface area (Å²) in [5, 5.41) is 20.1. The number of carboxylic acids is 1. The van der Waals surface area contributed by atoms with Crippen molar-refractivity contribution < 1.29 is 50.3 Å². The van der Waals surface area contributed by atoms with E-state index in [2.05, 4.69) is 30.8 Å². The number of aryl methyl sites for hydroxylation is 3. The van der Waals surface area contributed by atoms with Crippen LogP contribution in [0.2, 0.25) is 0 Å². The van der Waals surface area contributed by atoms with Crippen molar-refractivity contribution in [3.63, 3.8) is 0 Å². The van der Waals surface area contributed by atoms with Gasteiger partial charge in [-0.15, -0.1) is 0 Å². The number of aromatic nitrogens is 1. The first-order chi connectivity index (χ1) is 23.2. The zero-order valence-electron chi connectivity index (χ0n) is 27.6. The van der Waals surface area contributed by atoms with Crippen molar-refractivity contribution in [2.45, 2.75) is 63.1 Å². The molecule has 0 spiro atoms. The maximum atomic E-state index is 13.3. The molecule has 3 rings (SSSR count). The Morgan fingerprint density at radius 3 is 2.38 bits per heavy atom. The number of Topliss-reactive ketones (excluding diaryl/α,β-unsaturated/α-hetero) is 1. The van der Waals surface area contributed by atoms with Gasteiger partial charge in [-0.3, -0.25) is 23.7 Å². The molecular weight excluding hydrogens is 695 g/mol. The van der Waals surface area contributed by atoms with Crippen molar-refractivity contribution >= 4 is 77.2 Å². The molecule has 267 valence electrons. The average Bonchev–Trinajstić information content (AvgIpc) is 3.00. The molecule has 2 amide bonds. The molecule has 2 heterocycles. The highest BCUT2D eigenvalue weighted by Crippen LogP contribution is 2.26. The number of carboxylic acid groups (broad SMARTS) is 1. The molecule has 2 aromatic rings. The number of rotatable bonds is 18. The molecule has 50 heavy (non-hydrogen) atoms. The Morgan fingerprint density at radius 1 is 1.10 bits per heavy atom. The third-order valence-electron chi connectivity index (χ3n) is 7.27. The van der Waals surface area contributed by atoms with E-state index in [1.165, 1.54) is 47.1 Å². The van der Waals surface area contributed by atoms with Gasteiger partial charge in [0.1, 0.15) is 11.9 Å². The SMILES string of the molecule is Cc1cc(O[B]C(=O)N[B]NC(C)(C)C(=O)C(N)CS(=O)(=O)O)cc(C)c1S(=O)(=O)NC(CNC(=O)[B]c1ccc2c(n1)NCCC2)C(=O)O. The molecule has 0 fully saturated rings. The highest BCUT2D eigenvalue weighted by molar-refractivity contribution is 7.89. The number of nitrogens with two attached hydrogens (primary N) is 1. The normalized spacial score (nSPS) is 14.2. The first kappa shape index (κ1) is 40.4. The van der Waals surface area contributed by atoms with Crippen molar-refractivity contribution in [1.29, 1.82) is 0 Å². The summed E-state index contributed by atoms with van der Waals surface area (Å²) in [5.41, 5.74) is 5.80. The van der Waals surface area contributed by atoms with Crippen LogP contribution in [0, 0.1) is 13.8 Å². The average molecular weight is 732 g/mol. The predicted octanol–water partition coefficient (Wildman–Crippen LogP) is -2.08. The lowest BCUT2D eigenvalue weighted by atomic mass is 9.72. The van der Waals surface area contributed by atoms with Gasteiger partial charge in [0.25, 0.3) is 17.4 Å². The summed E-state index contributed by atoms with van der Waals surface area (Å²) in [5.74, 6) is -4.01. The van der Waals surface area contributed by atoms with Gasteiger partial charge in [-0.05, 0) is 75.4 Å². The van der Waals surface area contributed by atoms with Crippen LogP contribution in [0.5, 0.6) is 5.75 Å². The number of nitrogens with one attached hydrogen (secondary N) is 5. The van der Waals surface area contributed by atoms with Gasteiger partial charge in [-0.2, -0.15) is 13.1 Å². The smallest absolute Gasteiger partial charge is 0.480 e. The Bertz CT molecular complexity index is 1820. The van der Waals surface area contributed by atoms with Crippen LogP contribution >= 0.6 is 0 Å². The summed E-state index contributed by atoms with van der Waals surface area (Å²) in [4.78, 5) is 53.2. The standard InChI is InChI=1S/C27H37B3N7O11S2/c1-14-10-17(48-29-26(42)35-30-37-27(3,4)22(38)18(31)13-49(43,44)45)11-15(2)21(14)50(46,47)36-19(24(39)40)12-33-25(41)28-20-8-7-16-6-5-9-32-23(16)34-20/h7-8,10-11,18-19,36-37H,5-6,9,12-13,31H2,1-4H3,(H,32,34)(H,33,41)(H,35,42)(H,39,40)(H,43,44,45). The molecule has 3 radical (unpaired) electrons. The Hall–Kier alpha value is -4.02. The van der Waals surface area contributed by atoms with E-state index in [1.54, 1.807) is 6.07 Å². The van der Waals surface area contributed by atoms with Crippen molar-refractivity contribution in [2.24, 2.45) is 5.73 Å². The number of anilines is 1. The van der Waals surface area contributed by atoms with Gasteiger partial charge < -0.3 is 36.6 Å². The highest BCUT2D eigenvalue weighted by atomic mass is 32.2. The van der Waals surface area contributed by atoms with E-state index in [4.69, 9.17) is 14.9 Å². The zero-order chi connectivity index (χ0) is 37.4. The van der Waals surface area contributed by atoms with Crippen LogP contribution in [0.25, 0.3) is 0 Å². The van der Waals surface area contributed by atoms with E-state index in [1.807, 2.05) is 6.07 Å². The van der Waals surface area contributed by atoms with Gasteiger partial charge in [-0.1, -0.05) is 6.07 Å².